The summed E-state index contributed by atoms with van der Waals surface area (Å²) in [5.74, 6) is -0.293. The maximum atomic E-state index is 13.3. The highest BCUT2D eigenvalue weighted by atomic mass is 19.1. The number of hydrogen-bond acceptors (Lipinski definition) is 2. The number of hydrogen-bond donors (Lipinski definition) is 2. The maximum Gasteiger partial charge on any atom is 0.125 e. The number of rotatable bonds is 3. The van der Waals surface area contributed by atoms with Crippen LogP contribution in [0.5, 0.6) is 0 Å². The number of halogens is 1. The van der Waals surface area contributed by atoms with Crippen LogP contribution in [0.2, 0.25) is 0 Å². The molecule has 4 heteroatoms. The van der Waals surface area contributed by atoms with E-state index in [0.29, 0.717) is 6.42 Å². The molecule has 1 heterocycles. The van der Waals surface area contributed by atoms with Gasteiger partial charge in [0.2, 0.25) is 0 Å². The fourth-order valence-electron chi connectivity index (χ4n) is 2.21. The van der Waals surface area contributed by atoms with Crippen molar-refractivity contribution in [3.8, 4) is 0 Å². The van der Waals surface area contributed by atoms with Gasteiger partial charge in [-0.05, 0) is 37.1 Å². The van der Waals surface area contributed by atoms with Gasteiger partial charge >= 0.3 is 0 Å². The third kappa shape index (κ3) is 3.02. The molecule has 0 saturated heterocycles. The summed E-state index contributed by atoms with van der Waals surface area (Å²) in [7, 11) is 1.89. The Hall–Kier alpha value is -1.81. The summed E-state index contributed by atoms with van der Waals surface area (Å²) in [6.45, 7) is 9.40. The van der Waals surface area contributed by atoms with Gasteiger partial charge in [0.25, 0.3) is 0 Å². The normalized spacial score (nSPS) is 11.9. The fourth-order valence-corrected chi connectivity index (χ4v) is 2.21. The Bertz CT molecular complexity index is 616. The molecule has 1 aromatic heterocycles. The zero-order valence-electron chi connectivity index (χ0n) is 12.6. The van der Waals surface area contributed by atoms with Crippen molar-refractivity contribution in [1.29, 1.82) is 0 Å². The van der Waals surface area contributed by atoms with Gasteiger partial charge in [0, 0.05) is 18.1 Å². The molecule has 1 unspecified atom stereocenters. The van der Waals surface area contributed by atoms with Crippen molar-refractivity contribution in [2.75, 3.05) is 0 Å². The van der Waals surface area contributed by atoms with E-state index in [0.717, 1.165) is 22.2 Å². The minimum Gasteiger partial charge on any atom is -0.511 e. The lowest BCUT2D eigenvalue weighted by atomic mass is 10.0. The zero-order chi connectivity index (χ0) is 15.4. The van der Waals surface area contributed by atoms with E-state index in [9.17, 15) is 9.50 Å². The van der Waals surface area contributed by atoms with Crippen molar-refractivity contribution in [2.24, 2.45) is 12.8 Å². The van der Waals surface area contributed by atoms with Crippen LogP contribution in [0.1, 0.15) is 25.1 Å². The van der Waals surface area contributed by atoms with E-state index >= 15 is 0 Å². The third-order valence-corrected chi connectivity index (χ3v) is 3.44. The van der Waals surface area contributed by atoms with E-state index in [1.807, 2.05) is 32.4 Å². The van der Waals surface area contributed by atoms with Crippen LogP contribution in [-0.2, 0) is 13.5 Å². The van der Waals surface area contributed by atoms with Crippen molar-refractivity contribution >= 4 is 10.9 Å². The summed E-state index contributed by atoms with van der Waals surface area (Å²) in [6.07, 6.45) is 0.490. The van der Waals surface area contributed by atoms with Crippen molar-refractivity contribution in [2.45, 2.75) is 33.2 Å². The van der Waals surface area contributed by atoms with Gasteiger partial charge in [0.15, 0.2) is 0 Å². The van der Waals surface area contributed by atoms with Gasteiger partial charge in [-0.15, -0.1) is 0 Å². The number of aliphatic hydroxyl groups is 1. The molecule has 0 aliphatic heterocycles. The highest BCUT2D eigenvalue weighted by molar-refractivity contribution is 5.85. The standard InChI is InChI=1S/C14H17FN2O.C2H6/c1-8-12(7-13(16)9(2)18)11-5-4-10(15)6-14(11)17(8)3;1-2/h4-6,13,18H,2,7,16H2,1,3H3;1-2H3. The molecule has 0 bridgehead atoms. The molecule has 20 heavy (non-hydrogen) atoms. The lowest BCUT2D eigenvalue weighted by Crippen LogP contribution is -2.25. The number of aliphatic hydroxyl groups excluding tert-OH is 1. The van der Waals surface area contributed by atoms with E-state index in [2.05, 4.69) is 6.58 Å². The van der Waals surface area contributed by atoms with E-state index in [1.165, 1.54) is 12.1 Å². The van der Waals surface area contributed by atoms with Crippen molar-refractivity contribution in [3.05, 3.63) is 47.6 Å². The fraction of sp³-hybridized carbons (Fsp3) is 0.375. The predicted octanol–water partition coefficient (Wildman–Crippen LogP) is 3.59. The smallest absolute Gasteiger partial charge is 0.125 e. The average molecular weight is 278 g/mol. The Kier molecular flexibility index (Phi) is 5.34. The van der Waals surface area contributed by atoms with Crippen LogP contribution in [0.25, 0.3) is 10.9 Å². The van der Waals surface area contributed by atoms with E-state index < -0.39 is 6.04 Å². The Morgan fingerprint density at radius 3 is 2.60 bits per heavy atom. The molecule has 2 rings (SSSR count). The number of fused-ring (bicyclic) bond motifs is 1. The number of nitrogens with two attached hydrogens (primary N) is 1. The quantitative estimate of drug-likeness (QED) is 0.843. The Morgan fingerprint density at radius 2 is 2.05 bits per heavy atom. The molecule has 110 valence electrons. The molecule has 3 nitrogen and oxygen atoms in total. The summed E-state index contributed by atoms with van der Waals surface area (Å²) < 4.78 is 15.2. The van der Waals surface area contributed by atoms with Crippen molar-refractivity contribution < 1.29 is 9.50 Å². The van der Waals surface area contributed by atoms with Gasteiger partial charge in [0.05, 0.1) is 11.6 Å². The van der Waals surface area contributed by atoms with Crippen LogP contribution in [0.3, 0.4) is 0 Å². The first kappa shape index (κ1) is 16.2. The van der Waals surface area contributed by atoms with E-state index in [4.69, 9.17) is 5.73 Å². The summed E-state index contributed by atoms with van der Waals surface area (Å²) in [5, 5.41) is 10.3. The first-order valence-corrected chi connectivity index (χ1v) is 6.78. The highest BCUT2D eigenvalue weighted by Gasteiger charge is 2.16. The van der Waals surface area contributed by atoms with Gasteiger partial charge in [-0.25, -0.2) is 4.39 Å². The summed E-state index contributed by atoms with van der Waals surface area (Å²) in [6, 6.07) is 4.19. The molecule has 2 aromatic rings. The monoisotopic (exact) mass is 278 g/mol. The second-order valence-corrected chi connectivity index (χ2v) is 4.59. The lowest BCUT2D eigenvalue weighted by Gasteiger charge is -2.10. The Morgan fingerprint density at radius 1 is 1.45 bits per heavy atom. The Balaban J connectivity index is 0.000000956. The predicted molar refractivity (Wildman–Crippen MR) is 82.4 cm³/mol. The molecule has 0 aliphatic carbocycles. The maximum absolute atomic E-state index is 13.3. The van der Waals surface area contributed by atoms with Gasteiger partial charge in [-0.2, -0.15) is 0 Å². The first-order chi connectivity index (χ1) is 9.41. The summed E-state index contributed by atoms with van der Waals surface area (Å²) >= 11 is 0. The van der Waals surface area contributed by atoms with Gasteiger partial charge in [-0.3, -0.25) is 0 Å². The molecule has 3 N–H and O–H groups in total. The first-order valence-electron chi connectivity index (χ1n) is 6.78. The second kappa shape index (κ2) is 6.57. The molecule has 0 spiro atoms. The minimum absolute atomic E-state index is 0.0338. The molecular weight excluding hydrogens is 255 g/mol. The van der Waals surface area contributed by atoms with Crippen LogP contribution in [0.15, 0.2) is 30.5 Å². The van der Waals surface area contributed by atoms with E-state index in [1.54, 1.807) is 6.07 Å². The van der Waals surface area contributed by atoms with Crippen molar-refractivity contribution in [1.82, 2.24) is 4.57 Å². The molecule has 0 aliphatic rings. The number of aryl methyl sites for hydroxylation is 1. The zero-order valence-corrected chi connectivity index (χ0v) is 12.6. The molecular formula is C16H23FN2O. The number of aromatic nitrogens is 1. The van der Waals surface area contributed by atoms with Gasteiger partial charge < -0.3 is 15.4 Å². The Labute approximate surface area is 119 Å². The van der Waals surface area contributed by atoms with Gasteiger partial charge in [-0.1, -0.05) is 20.4 Å². The molecule has 0 radical (unpaired) electrons. The van der Waals surface area contributed by atoms with Crippen LogP contribution in [-0.4, -0.2) is 15.7 Å². The number of nitrogens with zero attached hydrogens (tertiary/aromatic N) is 1. The SMILES string of the molecule is C=C(O)C(N)Cc1c(C)n(C)c2cc(F)ccc12.CC. The highest BCUT2D eigenvalue weighted by Crippen LogP contribution is 2.27. The molecule has 0 amide bonds. The van der Waals surface area contributed by atoms with Crippen LogP contribution in [0.4, 0.5) is 4.39 Å². The molecule has 1 aromatic carbocycles. The van der Waals surface area contributed by atoms with Crippen LogP contribution >= 0.6 is 0 Å². The second-order valence-electron chi connectivity index (χ2n) is 4.59. The average Bonchev–Trinajstić information content (AvgIpc) is 2.66. The van der Waals surface area contributed by atoms with Crippen LogP contribution in [0, 0.1) is 12.7 Å². The lowest BCUT2D eigenvalue weighted by molar-refractivity contribution is 0.368. The van der Waals surface area contributed by atoms with E-state index in [-0.39, 0.29) is 11.6 Å². The van der Waals surface area contributed by atoms with Crippen LogP contribution < -0.4 is 5.73 Å². The van der Waals surface area contributed by atoms with Crippen molar-refractivity contribution in [3.63, 3.8) is 0 Å². The minimum atomic E-state index is -0.501. The third-order valence-electron chi connectivity index (χ3n) is 3.44. The topological polar surface area (TPSA) is 51.2 Å². The molecule has 0 saturated carbocycles. The summed E-state index contributed by atoms with van der Waals surface area (Å²) in [4.78, 5) is 0. The molecule has 1 atom stereocenters. The number of benzene rings is 1. The largest absolute Gasteiger partial charge is 0.511 e. The summed E-state index contributed by atoms with van der Waals surface area (Å²) in [5.41, 5.74) is 8.69. The van der Waals surface area contributed by atoms with Gasteiger partial charge in [0.1, 0.15) is 11.6 Å². The molecule has 0 fully saturated rings.